The van der Waals surface area contributed by atoms with E-state index in [0.29, 0.717) is 0 Å². The Bertz CT molecular complexity index is 481. The zero-order valence-corrected chi connectivity index (χ0v) is 11.3. The van der Waals surface area contributed by atoms with Crippen molar-refractivity contribution in [2.24, 2.45) is 0 Å². The smallest absolute Gasteiger partial charge is 0.332 e. The third-order valence-corrected chi connectivity index (χ3v) is 2.17. The van der Waals surface area contributed by atoms with E-state index in [1.54, 1.807) is 45.0 Å². The highest BCUT2D eigenvalue weighted by Gasteiger charge is 2.19. The fourth-order valence-corrected chi connectivity index (χ4v) is 1.47. The van der Waals surface area contributed by atoms with Gasteiger partial charge in [0.25, 0.3) is 0 Å². The molecule has 0 spiro atoms. The van der Waals surface area contributed by atoms with Gasteiger partial charge in [-0.15, -0.1) is 0 Å². The molecular weight excluding hydrogens is 244 g/mol. The number of hydrogen-bond donors (Lipinski definition) is 1. The van der Waals surface area contributed by atoms with E-state index in [-0.39, 0.29) is 12.0 Å². The van der Waals surface area contributed by atoms with Crippen LogP contribution in [0.3, 0.4) is 0 Å². The van der Waals surface area contributed by atoms with Gasteiger partial charge in [0.15, 0.2) is 0 Å². The first-order chi connectivity index (χ1) is 8.78. The van der Waals surface area contributed by atoms with Crippen LogP contribution in [0.1, 0.15) is 32.8 Å². The molecular formula is C15H18O4. The second-order valence-electron chi connectivity index (χ2n) is 5.15. The molecule has 0 atom stereocenters. The maximum atomic E-state index is 11.6. The van der Waals surface area contributed by atoms with Crippen molar-refractivity contribution >= 4 is 18.0 Å². The van der Waals surface area contributed by atoms with Gasteiger partial charge in [-0.2, -0.15) is 0 Å². The Labute approximate surface area is 112 Å². The van der Waals surface area contributed by atoms with Gasteiger partial charge in [0.2, 0.25) is 0 Å². The molecule has 1 aromatic carbocycles. The summed E-state index contributed by atoms with van der Waals surface area (Å²) >= 11 is 0. The minimum atomic E-state index is -1.12. The molecule has 0 aromatic heterocycles. The van der Waals surface area contributed by atoms with Gasteiger partial charge in [-0.1, -0.05) is 30.3 Å². The molecule has 0 fully saturated rings. The number of hydrogen-bond acceptors (Lipinski definition) is 3. The van der Waals surface area contributed by atoms with Crippen LogP contribution >= 0.6 is 0 Å². The van der Waals surface area contributed by atoms with Crippen LogP contribution in [0, 0.1) is 0 Å². The maximum Gasteiger partial charge on any atom is 0.332 e. The van der Waals surface area contributed by atoms with Crippen molar-refractivity contribution < 1.29 is 19.4 Å². The zero-order valence-electron chi connectivity index (χ0n) is 11.3. The Hall–Kier alpha value is -2.10. The molecule has 19 heavy (non-hydrogen) atoms. The van der Waals surface area contributed by atoms with Crippen molar-refractivity contribution in [2.45, 2.75) is 32.8 Å². The number of carbonyl (C=O) groups excluding carboxylic acids is 1. The third kappa shape index (κ3) is 5.86. The van der Waals surface area contributed by atoms with Crippen molar-refractivity contribution in [1.82, 2.24) is 0 Å². The first-order valence-electron chi connectivity index (χ1n) is 5.99. The molecule has 4 heteroatoms. The molecule has 0 amide bonds. The number of ether oxygens (including phenoxy) is 1. The van der Waals surface area contributed by atoms with Gasteiger partial charge in [-0.05, 0) is 32.4 Å². The normalized spacial score (nSPS) is 12.1. The van der Waals surface area contributed by atoms with Gasteiger partial charge in [0.05, 0.1) is 6.42 Å². The van der Waals surface area contributed by atoms with Gasteiger partial charge in [-0.25, -0.2) is 4.79 Å². The average molecular weight is 262 g/mol. The molecule has 1 N–H and O–H groups in total. The van der Waals surface area contributed by atoms with E-state index in [1.807, 2.05) is 6.07 Å². The lowest BCUT2D eigenvalue weighted by Gasteiger charge is -2.19. The zero-order chi connectivity index (χ0) is 14.5. The number of carbonyl (C=O) groups is 2. The molecule has 0 aliphatic rings. The number of carboxylic acids is 1. The SMILES string of the molecule is CC(C)(C)OC(=O)C/C(=C/c1ccccc1)C(=O)O. The fourth-order valence-electron chi connectivity index (χ4n) is 1.47. The molecule has 0 aliphatic heterocycles. The van der Waals surface area contributed by atoms with Crippen LogP contribution in [0.2, 0.25) is 0 Å². The van der Waals surface area contributed by atoms with Crippen molar-refractivity contribution in [3.63, 3.8) is 0 Å². The Kier molecular flexibility index (Phi) is 4.87. The first kappa shape index (κ1) is 15.0. The highest BCUT2D eigenvalue weighted by Crippen LogP contribution is 2.14. The summed E-state index contributed by atoms with van der Waals surface area (Å²) in [6, 6.07) is 9.00. The summed E-state index contributed by atoms with van der Waals surface area (Å²) in [4.78, 5) is 22.8. The fraction of sp³-hybridized carbons (Fsp3) is 0.333. The van der Waals surface area contributed by atoms with E-state index in [4.69, 9.17) is 9.84 Å². The lowest BCUT2D eigenvalue weighted by atomic mass is 10.1. The molecule has 0 bridgehead atoms. The van der Waals surface area contributed by atoms with E-state index in [0.717, 1.165) is 5.56 Å². The van der Waals surface area contributed by atoms with E-state index in [2.05, 4.69) is 0 Å². The molecule has 102 valence electrons. The number of benzene rings is 1. The number of carboxylic acid groups (broad SMARTS) is 1. The summed E-state index contributed by atoms with van der Waals surface area (Å²) in [6.45, 7) is 5.23. The molecule has 0 aliphatic carbocycles. The van der Waals surface area contributed by atoms with Gasteiger partial charge in [0, 0.05) is 5.57 Å². The second kappa shape index (κ2) is 6.18. The van der Waals surface area contributed by atoms with Crippen LogP contribution in [-0.2, 0) is 14.3 Å². The second-order valence-corrected chi connectivity index (χ2v) is 5.15. The Morgan fingerprint density at radius 3 is 2.26 bits per heavy atom. The molecule has 0 heterocycles. The lowest BCUT2D eigenvalue weighted by Crippen LogP contribution is -2.24. The molecule has 1 rings (SSSR count). The monoisotopic (exact) mass is 262 g/mol. The first-order valence-corrected chi connectivity index (χ1v) is 5.99. The quantitative estimate of drug-likeness (QED) is 0.669. The molecule has 0 saturated heterocycles. The molecule has 0 unspecified atom stereocenters. The van der Waals surface area contributed by atoms with E-state index in [1.165, 1.54) is 6.08 Å². The predicted octanol–water partition coefficient (Wildman–Crippen LogP) is 2.89. The summed E-state index contributed by atoms with van der Waals surface area (Å²) in [6.07, 6.45) is 1.23. The predicted molar refractivity (Wildman–Crippen MR) is 72.5 cm³/mol. The van der Waals surface area contributed by atoms with E-state index >= 15 is 0 Å². The van der Waals surface area contributed by atoms with Crippen LogP contribution in [0.25, 0.3) is 6.08 Å². The third-order valence-electron chi connectivity index (χ3n) is 2.17. The molecule has 0 saturated carbocycles. The van der Waals surface area contributed by atoms with Crippen LogP contribution in [0.5, 0.6) is 0 Å². The summed E-state index contributed by atoms with van der Waals surface area (Å²) in [5, 5.41) is 9.11. The summed E-state index contributed by atoms with van der Waals surface area (Å²) < 4.78 is 5.11. The molecule has 0 radical (unpaired) electrons. The highest BCUT2D eigenvalue weighted by atomic mass is 16.6. The van der Waals surface area contributed by atoms with Crippen LogP contribution in [0.4, 0.5) is 0 Å². The number of rotatable bonds is 4. The van der Waals surface area contributed by atoms with E-state index < -0.39 is 17.5 Å². The van der Waals surface area contributed by atoms with Gasteiger partial charge < -0.3 is 9.84 Å². The van der Waals surface area contributed by atoms with Gasteiger partial charge >= 0.3 is 11.9 Å². The van der Waals surface area contributed by atoms with Crippen molar-refractivity contribution in [2.75, 3.05) is 0 Å². The number of aliphatic carboxylic acids is 1. The standard InChI is InChI=1S/C15H18O4/c1-15(2,3)19-13(16)10-12(14(17)18)9-11-7-5-4-6-8-11/h4-9H,10H2,1-3H3,(H,17,18)/b12-9-. The maximum absolute atomic E-state index is 11.6. The van der Waals surface area contributed by atoms with Crippen LogP contribution < -0.4 is 0 Å². The van der Waals surface area contributed by atoms with Gasteiger partial charge in [-0.3, -0.25) is 4.79 Å². The highest BCUT2D eigenvalue weighted by molar-refractivity contribution is 5.97. The molecule has 1 aromatic rings. The van der Waals surface area contributed by atoms with Crippen molar-refractivity contribution in [1.29, 1.82) is 0 Å². The minimum Gasteiger partial charge on any atom is -0.478 e. The minimum absolute atomic E-state index is 0.0143. The van der Waals surface area contributed by atoms with E-state index in [9.17, 15) is 9.59 Å². The Balaban J connectivity index is 2.83. The van der Waals surface area contributed by atoms with Crippen molar-refractivity contribution in [3.8, 4) is 0 Å². The van der Waals surface area contributed by atoms with Crippen molar-refractivity contribution in [3.05, 3.63) is 41.5 Å². The van der Waals surface area contributed by atoms with Gasteiger partial charge in [0.1, 0.15) is 5.60 Å². The number of esters is 1. The topological polar surface area (TPSA) is 63.6 Å². The summed E-state index contributed by atoms with van der Waals surface area (Å²) in [5.74, 6) is -1.66. The Morgan fingerprint density at radius 2 is 1.79 bits per heavy atom. The largest absolute Gasteiger partial charge is 0.478 e. The van der Waals surface area contributed by atoms with Crippen LogP contribution in [-0.4, -0.2) is 22.6 Å². The summed E-state index contributed by atoms with van der Waals surface area (Å²) in [7, 11) is 0. The lowest BCUT2D eigenvalue weighted by molar-refractivity contribution is -0.155. The average Bonchev–Trinajstić information content (AvgIpc) is 2.26. The molecule has 4 nitrogen and oxygen atoms in total. The summed E-state index contributed by atoms with van der Waals surface area (Å²) in [5.41, 5.74) is 0.136. The Morgan fingerprint density at radius 1 is 1.21 bits per heavy atom. The van der Waals surface area contributed by atoms with Crippen LogP contribution in [0.15, 0.2) is 35.9 Å².